The molecule has 0 bridgehead atoms. The lowest BCUT2D eigenvalue weighted by Crippen LogP contribution is -2.86. The molecule has 0 aliphatic heterocycles. The molecule has 8 heteroatoms. The molecule has 0 saturated heterocycles. The normalized spacial score (nSPS) is 12.0. The minimum atomic E-state index is -0.650. The first-order valence-corrected chi connectivity index (χ1v) is 7.72. The highest BCUT2D eigenvalue weighted by Crippen LogP contribution is 2.22. The van der Waals surface area contributed by atoms with E-state index in [9.17, 15) is 18.4 Å². The van der Waals surface area contributed by atoms with Crippen LogP contribution in [0.4, 0.5) is 13.8 Å². The first kappa shape index (κ1) is 17.0. The van der Waals surface area contributed by atoms with Crippen LogP contribution in [0.25, 0.3) is 0 Å². The van der Waals surface area contributed by atoms with Crippen molar-refractivity contribution in [3.05, 3.63) is 52.4 Å². The van der Waals surface area contributed by atoms with Gasteiger partial charge in [0.05, 0.1) is 5.56 Å². The molecule has 1 atom stereocenters. The summed E-state index contributed by atoms with van der Waals surface area (Å²) in [5.74, 6) is -2.26. The van der Waals surface area contributed by atoms with E-state index < -0.39 is 17.5 Å². The van der Waals surface area contributed by atoms with Crippen LogP contribution in [0.2, 0.25) is 0 Å². The lowest BCUT2D eigenvalue weighted by molar-refractivity contribution is -0.682. The van der Waals surface area contributed by atoms with E-state index in [1.165, 1.54) is 29.5 Å². The Bertz CT molecular complexity index is 733. The van der Waals surface area contributed by atoms with Crippen molar-refractivity contribution in [2.45, 2.75) is 13.0 Å². The van der Waals surface area contributed by atoms with Gasteiger partial charge in [-0.25, -0.2) is 8.78 Å². The van der Waals surface area contributed by atoms with Crippen molar-refractivity contribution in [2.75, 3.05) is 11.9 Å². The number of rotatable bonds is 6. The number of hydrogen-bond donors (Lipinski definition) is 3. The molecular formula is C15H16F2N3O2S+. The summed E-state index contributed by atoms with van der Waals surface area (Å²) in [6.45, 7) is 1.73. The number of carbonyl (C=O) groups excluding carboxylic acids is 2. The number of amides is 2. The molecule has 2 amide bonds. The van der Waals surface area contributed by atoms with E-state index in [0.29, 0.717) is 10.6 Å². The average Bonchev–Trinajstić information content (AvgIpc) is 2.93. The number of nitrogens with two attached hydrogens (primary N) is 2. The maximum atomic E-state index is 13.7. The number of carbonyl (C=O) groups is 2. The molecule has 5 N–H and O–H groups in total. The Hall–Kier alpha value is -2.32. The van der Waals surface area contributed by atoms with Gasteiger partial charge in [0, 0.05) is 11.6 Å². The summed E-state index contributed by atoms with van der Waals surface area (Å²) in [7, 11) is 0. The largest absolute Gasteiger partial charge is 0.366 e. The van der Waals surface area contributed by atoms with Crippen molar-refractivity contribution < 1.29 is 23.7 Å². The van der Waals surface area contributed by atoms with Crippen LogP contribution in [0, 0.1) is 11.6 Å². The molecule has 122 valence electrons. The van der Waals surface area contributed by atoms with Gasteiger partial charge in [-0.2, -0.15) is 0 Å². The summed E-state index contributed by atoms with van der Waals surface area (Å²) < 4.78 is 26.6. The zero-order chi connectivity index (χ0) is 17.0. The number of halogens is 2. The van der Waals surface area contributed by atoms with Crippen LogP contribution in [-0.2, 0) is 4.79 Å². The van der Waals surface area contributed by atoms with Crippen molar-refractivity contribution in [1.82, 2.24) is 0 Å². The van der Waals surface area contributed by atoms with Gasteiger partial charge in [-0.3, -0.25) is 9.59 Å². The zero-order valence-electron chi connectivity index (χ0n) is 12.3. The second kappa shape index (κ2) is 7.30. The van der Waals surface area contributed by atoms with Gasteiger partial charge >= 0.3 is 0 Å². The van der Waals surface area contributed by atoms with Crippen LogP contribution in [0.5, 0.6) is 0 Å². The Balaban J connectivity index is 1.93. The van der Waals surface area contributed by atoms with Crippen LogP contribution in [0.15, 0.2) is 29.6 Å². The van der Waals surface area contributed by atoms with Gasteiger partial charge in [0.1, 0.15) is 22.7 Å². The number of hydrogen-bond acceptors (Lipinski definition) is 3. The molecule has 23 heavy (non-hydrogen) atoms. The molecule has 2 rings (SSSR count). The third-order valence-electron chi connectivity index (χ3n) is 3.29. The van der Waals surface area contributed by atoms with E-state index in [2.05, 4.69) is 5.32 Å². The summed E-state index contributed by atoms with van der Waals surface area (Å²) in [4.78, 5) is 23.1. The fourth-order valence-electron chi connectivity index (χ4n) is 2.06. The quantitative estimate of drug-likeness (QED) is 0.742. The standard InChI is InChI=1S/C15H15F2N3O2S/c1-8(10-3-2-9(16)6-12(10)17)19-7-13(21)20-15-11(14(18)22)4-5-23-15/h2-6,8,19H,7H2,1H3,(H2,18,22)(H,20,21)/p+1/t8-/m0/s1. The third kappa shape index (κ3) is 4.33. The summed E-state index contributed by atoms with van der Waals surface area (Å²) in [5, 5.41) is 6.24. The number of primary amides is 1. The SMILES string of the molecule is C[C@H]([NH2+]CC(=O)Nc1sccc1C(N)=O)c1ccc(F)cc1F. The topological polar surface area (TPSA) is 88.8 Å². The van der Waals surface area contributed by atoms with Gasteiger partial charge in [0.2, 0.25) is 0 Å². The predicted molar refractivity (Wildman–Crippen MR) is 83.0 cm³/mol. The van der Waals surface area contributed by atoms with Gasteiger partial charge in [-0.15, -0.1) is 11.3 Å². The molecule has 0 aliphatic rings. The first-order chi connectivity index (χ1) is 10.9. The number of quaternary nitrogens is 1. The highest BCUT2D eigenvalue weighted by Gasteiger charge is 2.17. The monoisotopic (exact) mass is 340 g/mol. The van der Waals surface area contributed by atoms with Crippen molar-refractivity contribution in [3.63, 3.8) is 0 Å². The van der Waals surface area contributed by atoms with Crippen LogP contribution in [-0.4, -0.2) is 18.4 Å². The fraction of sp³-hybridized carbons (Fsp3) is 0.200. The highest BCUT2D eigenvalue weighted by molar-refractivity contribution is 7.14. The maximum Gasteiger partial charge on any atom is 0.280 e. The summed E-state index contributed by atoms with van der Waals surface area (Å²) >= 11 is 1.19. The summed E-state index contributed by atoms with van der Waals surface area (Å²) in [6.07, 6.45) is 0. The van der Waals surface area contributed by atoms with Crippen LogP contribution >= 0.6 is 11.3 Å². The Labute approximate surface area is 135 Å². The summed E-state index contributed by atoms with van der Waals surface area (Å²) in [6, 6.07) is 4.51. The van der Waals surface area contributed by atoms with Crippen molar-refractivity contribution in [1.29, 1.82) is 0 Å². The second-order valence-electron chi connectivity index (χ2n) is 4.97. The maximum absolute atomic E-state index is 13.7. The Kier molecular flexibility index (Phi) is 5.41. The van der Waals surface area contributed by atoms with Crippen molar-refractivity contribution in [2.24, 2.45) is 5.73 Å². The van der Waals surface area contributed by atoms with E-state index >= 15 is 0 Å². The van der Waals surface area contributed by atoms with E-state index in [0.717, 1.165) is 6.07 Å². The van der Waals surface area contributed by atoms with E-state index in [-0.39, 0.29) is 24.1 Å². The molecule has 1 heterocycles. The highest BCUT2D eigenvalue weighted by atomic mass is 32.1. The van der Waals surface area contributed by atoms with Gasteiger partial charge in [0.15, 0.2) is 6.54 Å². The van der Waals surface area contributed by atoms with Gasteiger partial charge < -0.3 is 16.4 Å². The van der Waals surface area contributed by atoms with E-state index in [1.807, 2.05) is 0 Å². The smallest absolute Gasteiger partial charge is 0.280 e. The van der Waals surface area contributed by atoms with Crippen molar-refractivity contribution in [3.8, 4) is 0 Å². The van der Waals surface area contributed by atoms with E-state index in [4.69, 9.17) is 5.73 Å². The zero-order valence-corrected chi connectivity index (χ0v) is 13.1. The first-order valence-electron chi connectivity index (χ1n) is 6.84. The minimum Gasteiger partial charge on any atom is -0.366 e. The minimum absolute atomic E-state index is 0.0219. The van der Waals surface area contributed by atoms with Gasteiger partial charge in [0.25, 0.3) is 11.8 Å². The lowest BCUT2D eigenvalue weighted by Gasteiger charge is -2.12. The third-order valence-corrected chi connectivity index (χ3v) is 4.12. The fourth-order valence-corrected chi connectivity index (χ4v) is 2.87. The summed E-state index contributed by atoms with van der Waals surface area (Å²) in [5.41, 5.74) is 5.76. The van der Waals surface area contributed by atoms with Crippen molar-refractivity contribution >= 4 is 28.2 Å². The molecule has 1 aromatic carbocycles. The van der Waals surface area contributed by atoms with Crippen LogP contribution in [0.3, 0.4) is 0 Å². The Morgan fingerprint density at radius 2 is 2.09 bits per heavy atom. The number of nitrogens with one attached hydrogen (secondary N) is 1. The molecule has 0 saturated carbocycles. The molecule has 0 unspecified atom stereocenters. The molecule has 0 fully saturated rings. The molecule has 0 aliphatic carbocycles. The van der Waals surface area contributed by atoms with E-state index in [1.54, 1.807) is 17.6 Å². The lowest BCUT2D eigenvalue weighted by atomic mass is 10.1. The second-order valence-corrected chi connectivity index (χ2v) is 5.89. The number of thiophene rings is 1. The predicted octanol–water partition coefficient (Wildman–Crippen LogP) is 1.39. The van der Waals surface area contributed by atoms with Crippen LogP contribution < -0.4 is 16.4 Å². The molecule has 0 radical (unpaired) electrons. The molecular weight excluding hydrogens is 324 g/mol. The molecule has 2 aromatic rings. The number of benzene rings is 1. The van der Waals surface area contributed by atoms with Crippen LogP contribution in [0.1, 0.15) is 28.9 Å². The Morgan fingerprint density at radius 1 is 1.35 bits per heavy atom. The average molecular weight is 340 g/mol. The molecule has 0 spiro atoms. The molecule has 1 aromatic heterocycles. The number of anilines is 1. The van der Waals surface area contributed by atoms with Gasteiger partial charge in [-0.1, -0.05) is 0 Å². The Morgan fingerprint density at radius 3 is 2.74 bits per heavy atom. The van der Waals surface area contributed by atoms with Gasteiger partial charge in [-0.05, 0) is 30.5 Å². The molecule has 5 nitrogen and oxygen atoms in total.